The van der Waals surface area contributed by atoms with Gasteiger partial charge in [0.2, 0.25) is 0 Å². The fraction of sp³-hybridized carbons (Fsp3) is 0.471. The third kappa shape index (κ3) is 2.41. The van der Waals surface area contributed by atoms with E-state index >= 15 is 0 Å². The summed E-state index contributed by atoms with van der Waals surface area (Å²) < 4.78 is 1.89. The number of aryl methyl sites for hydroxylation is 2. The van der Waals surface area contributed by atoms with Gasteiger partial charge in [0.05, 0.1) is 10.7 Å². The molecule has 0 aromatic carbocycles. The van der Waals surface area contributed by atoms with Crippen LogP contribution >= 0.6 is 11.3 Å². The van der Waals surface area contributed by atoms with E-state index in [1.165, 1.54) is 11.3 Å². The Hall–Kier alpha value is -1.95. The smallest absolute Gasteiger partial charge is 0.265 e. The van der Waals surface area contributed by atoms with E-state index in [9.17, 15) is 9.59 Å². The first-order valence-electron chi connectivity index (χ1n) is 7.96. The van der Waals surface area contributed by atoms with E-state index < -0.39 is 0 Å². The quantitative estimate of drug-likeness (QED) is 0.806. The lowest BCUT2D eigenvalue weighted by molar-refractivity contribution is 0.0598. The molecule has 1 amide bonds. The molecule has 2 bridgehead atoms. The number of hydrogen-bond donors (Lipinski definition) is 0. The van der Waals surface area contributed by atoms with Gasteiger partial charge in [0.15, 0.2) is 0 Å². The molecule has 6 heteroatoms. The van der Waals surface area contributed by atoms with Gasteiger partial charge in [0, 0.05) is 37.3 Å². The third-order valence-electron chi connectivity index (χ3n) is 4.86. The first-order chi connectivity index (χ1) is 11.0. The van der Waals surface area contributed by atoms with Crippen LogP contribution in [0.25, 0.3) is 0 Å². The van der Waals surface area contributed by atoms with Gasteiger partial charge in [-0.15, -0.1) is 11.3 Å². The Morgan fingerprint density at radius 1 is 1.26 bits per heavy atom. The fourth-order valence-corrected chi connectivity index (χ4v) is 4.82. The van der Waals surface area contributed by atoms with Crippen LogP contribution in [-0.2, 0) is 6.54 Å². The Balaban J connectivity index is 1.65. The summed E-state index contributed by atoms with van der Waals surface area (Å²) in [6.45, 7) is 5.97. The topological polar surface area (TPSA) is 55.2 Å². The zero-order valence-corrected chi connectivity index (χ0v) is 14.1. The molecule has 2 aliphatic heterocycles. The zero-order valence-electron chi connectivity index (χ0n) is 13.3. The van der Waals surface area contributed by atoms with Gasteiger partial charge in [-0.25, -0.2) is 4.98 Å². The SMILES string of the molecule is Cc1nc(C)c(C(=O)N2C[C@H]3C[C@@H](C2)c2cccc(=O)n2C3)s1. The highest BCUT2D eigenvalue weighted by molar-refractivity contribution is 7.13. The molecule has 2 aliphatic rings. The van der Waals surface area contributed by atoms with Gasteiger partial charge >= 0.3 is 0 Å². The predicted octanol–water partition coefficient (Wildman–Crippen LogP) is 2.18. The number of nitrogens with zero attached hydrogens (tertiary/aromatic N) is 3. The highest BCUT2D eigenvalue weighted by atomic mass is 32.1. The number of carbonyl (C=O) groups is 1. The summed E-state index contributed by atoms with van der Waals surface area (Å²) in [7, 11) is 0. The second kappa shape index (κ2) is 5.30. The highest BCUT2D eigenvalue weighted by Crippen LogP contribution is 2.36. The molecule has 1 fully saturated rings. The van der Waals surface area contributed by atoms with Crippen LogP contribution < -0.4 is 5.56 Å². The van der Waals surface area contributed by atoms with Crippen molar-refractivity contribution in [2.75, 3.05) is 13.1 Å². The second-order valence-corrected chi connectivity index (χ2v) is 7.76. The van der Waals surface area contributed by atoms with Crippen molar-refractivity contribution >= 4 is 17.2 Å². The van der Waals surface area contributed by atoms with Crippen LogP contribution in [0.1, 0.15) is 38.4 Å². The van der Waals surface area contributed by atoms with Gasteiger partial charge in [0.25, 0.3) is 11.5 Å². The standard InChI is InChI=1S/C17H19N3O2S/c1-10-16(23-11(2)18-10)17(22)19-7-12-6-13(9-19)14-4-3-5-15(21)20(14)8-12/h3-5,12-13H,6-9H2,1-2H3/t12-,13+/m1/s1. The molecule has 1 saturated heterocycles. The van der Waals surface area contributed by atoms with E-state index in [1.54, 1.807) is 6.07 Å². The van der Waals surface area contributed by atoms with Crippen molar-refractivity contribution in [3.05, 3.63) is 49.8 Å². The summed E-state index contributed by atoms with van der Waals surface area (Å²) in [5.41, 5.74) is 1.97. The molecule has 2 atom stereocenters. The Morgan fingerprint density at radius 3 is 2.83 bits per heavy atom. The predicted molar refractivity (Wildman–Crippen MR) is 89.0 cm³/mol. The largest absolute Gasteiger partial charge is 0.337 e. The van der Waals surface area contributed by atoms with Crippen LogP contribution in [0.4, 0.5) is 0 Å². The van der Waals surface area contributed by atoms with Crippen LogP contribution in [0.15, 0.2) is 23.0 Å². The zero-order chi connectivity index (χ0) is 16.1. The lowest BCUT2D eigenvalue weighted by Crippen LogP contribution is -2.49. The van der Waals surface area contributed by atoms with E-state index in [-0.39, 0.29) is 17.4 Å². The Bertz CT molecular complexity index is 839. The normalized spacial score (nSPS) is 22.8. The minimum atomic E-state index is 0.0749. The van der Waals surface area contributed by atoms with Gasteiger partial charge in [-0.1, -0.05) is 6.07 Å². The van der Waals surface area contributed by atoms with Crippen LogP contribution in [0.3, 0.4) is 0 Å². The number of rotatable bonds is 1. The van der Waals surface area contributed by atoms with Gasteiger partial charge in [0.1, 0.15) is 4.88 Å². The van der Waals surface area contributed by atoms with E-state index in [0.717, 1.165) is 40.8 Å². The number of amides is 1. The summed E-state index contributed by atoms with van der Waals surface area (Å²) >= 11 is 1.47. The Labute approximate surface area is 138 Å². The molecule has 4 rings (SSSR count). The van der Waals surface area contributed by atoms with Gasteiger partial charge in [-0.05, 0) is 32.3 Å². The number of carbonyl (C=O) groups excluding carboxylic acids is 1. The molecule has 2 aromatic heterocycles. The monoisotopic (exact) mass is 329 g/mol. The molecule has 23 heavy (non-hydrogen) atoms. The maximum Gasteiger partial charge on any atom is 0.265 e. The van der Waals surface area contributed by atoms with E-state index in [0.29, 0.717) is 12.5 Å². The Morgan fingerprint density at radius 2 is 2.09 bits per heavy atom. The first kappa shape index (κ1) is 14.6. The van der Waals surface area contributed by atoms with Crippen molar-refractivity contribution in [1.29, 1.82) is 0 Å². The van der Waals surface area contributed by atoms with Gasteiger partial charge in [-0.3, -0.25) is 9.59 Å². The van der Waals surface area contributed by atoms with E-state index in [1.807, 2.05) is 35.4 Å². The first-order valence-corrected chi connectivity index (χ1v) is 8.77. The molecular formula is C17H19N3O2S. The van der Waals surface area contributed by atoms with Crippen molar-refractivity contribution < 1.29 is 4.79 Å². The maximum absolute atomic E-state index is 12.9. The summed E-state index contributed by atoms with van der Waals surface area (Å²) in [5.74, 6) is 0.712. The van der Waals surface area contributed by atoms with Crippen LogP contribution in [0.5, 0.6) is 0 Å². The molecule has 0 radical (unpaired) electrons. The molecule has 0 N–H and O–H groups in total. The molecule has 0 unspecified atom stereocenters. The molecule has 5 nitrogen and oxygen atoms in total. The van der Waals surface area contributed by atoms with Crippen molar-refractivity contribution in [3.8, 4) is 0 Å². The van der Waals surface area contributed by atoms with Crippen molar-refractivity contribution in [2.45, 2.75) is 32.7 Å². The van der Waals surface area contributed by atoms with Gasteiger partial charge < -0.3 is 9.47 Å². The van der Waals surface area contributed by atoms with E-state index in [4.69, 9.17) is 0 Å². The molecule has 0 aliphatic carbocycles. The molecule has 4 heterocycles. The lowest BCUT2D eigenvalue weighted by Gasteiger charge is -2.42. The minimum absolute atomic E-state index is 0.0749. The molecule has 0 saturated carbocycles. The third-order valence-corrected chi connectivity index (χ3v) is 5.93. The van der Waals surface area contributed by atoms with E-state index in [2.05, 4.69) is 4.98 Å². The fourth-order valence-electron chi connectivity index (χ4n) is 3.94. The minimum Gasteiger partial charge on any atom is -0.337 e. The number of piperidine rings is 1. The summed E-state index contributed by atoms with van der Waals surface area (Å²) in [4.78, 5) is 32.0. The van der Waals surface area contributed by atoms with Crippen molar-refractivity contribution in [3.63, 3.8) is 0 Å². The van der Waals surface area contributed by atoms with Crippen molar-refractivity contribution in [2.24, 2.45) is 5.92 Å². The molecule has 120 valence electrons. The van der Waals surface area contributed by atoms with Gasteiger partial charge in [-0.2, -0.15) is 0 Å². The summed E-state index contributed by atoms with van der Waals surface area (Å²) in [5, 5.41) is 0.931. The maximum atomic E-state index is 12.9. The van der Waals surface area contributed by atoms with Crippen molar-refractivity contribution in [1.82, 2.24) is 14.5 Å². The highest BCUT2D eigenvalue weighted by Gasteiger charge is 2.37. The lowest BCUT2D eigenvalue weighted by atomic mass is 9.83. The number of thiazole rings is 1. The average molecular weight is 329 g/mol. The summed E-state index contributed by atoms with van der Waals surface area (Å²) in [6.07, 6.45) is 1.06. The molecular weight excluding hydrogens is 310 g/mol. The number of pyridine rings is 1. The number of fused-ring (bicyclic) bond motifs is 4. The van der Waals surface area contributed by atoms with Crippen LogP contribution in [-0.4, -0.2) is 33.4 Å². The second-order valence-electron chi connectivity index (χ2n) is 6.56. The number of aromatic nitrogens is 2. The molecule has 0 spiro atoms. The average Bonchev–Trinajstić information content (AvgIpc) is 2.86. The summed E-state index contributed by atoms with van der Waals surface area (Å²) in [6, 6.07) is 5.47. The number of hydrogen-bond acceptors (Lipinski definition) is 4. The number of likely N-dealkylation sites (tertiary alicyclic amines) is 1. The van der Waals surface area contributed by atoms with Crippen LogP contribution in [0.2, 0.25) is 0 Å². The Kier molecular flexibility index (Phi) is 3.37. The van der Waals surface area contributed by atoms with Crippen LogP contribution in [0, 0.1) is 19.8 Å². The molecule has 2 aromatic rings.